The third-order valence-corrected chi connectivity index (χ3v) is 3.79. The van der Waals surface area contributed by atoms with Crippen LogP contribution in [0.2, 0.25) is 0 Å². The van der Waals surface area contributed by atoms with E-state index in [0.717, 1.165) is 12.0 Å². The van der Waals surface area contributed by atoms with E-state index in [9.17, 15) is 14.9 Å². The number of anilines is 1. The summed E-state index contributed by atoms with van der Waals surface area (Å²) in [7, 11) is 0. The Morgan fingerprint density at radius 3 is 2.67 bits per heavy atom. The highest BCUT2D eigenvalue weighted by molar-refractivity contribution is 6.05. The molecule has 1 amide bonds. The van der Waals surface area contributed by atoms with Crippen LogP contribution in [0.25, 0.3) is 0 Å². The van der Waals surface area contributed by atoms with Gasteiger partial charge in [-0.05, 0) is 17.4 Å². The van der Waals surface area contributed by atoms with E-state index in [4.69, 9.17) is 0 Å². The second-order valence-electron chi connectivity index (χ2n) is 5.26. The van der Waals surface area contributed by atoms with Crippen LogP contribution in [0.3, 0.4) is 0 Å². The minimum absolute atomic E-state index is 0.0322. The van der Waals surface area contributed by atoms with E-state index in [0.29, 0.717) is 5.69 Å². The van der Waals surface area contributed by atoms with Crippen molar-refractivity contribution in [2.75, 3.05) is 5.32 Å². The highest BCUT2D eigenvalue weighted by Gasteiger charge is 2.43. The monoisotopic (exact) mass is 248 g/mol. The van der Waals surface area contributed by atoms with E-state index in [-0.39, 0.29) is 22.9 Å². The van der Waals surface area contributed by atoms with Crippen molar-refractivity contribution < 1.29 is 9.72 Å². The average molecular weight is 248 g/mol. The Kier molecular flexibility index (Phi) is 2.84. The first-order chi connectivity index (χ1) is 8.38. The summed E-state index contributed by atoms with van der Waals surface area (Å²) in [5, 5.41) is 13.6. The van der Waals surface area contributed by atoms with Crippen LogP contribution in [0.1, 0.15) is 38.7 Å². The Labute approximate surface area is 105 Å². The smallest absolute Gasteiger partial charge is 0.293 e. The van der Waals surface area contributed by atoms with Gasteiger partial charge >= 0.3 is 0 Å². The lowest BCUT2D eigenvalue weighted by molar-refractivity contribution is -0.383. The molecule has 1 aromatic rings. The second kappa shape index (κ2) is 4.08. The van der Waals surface area contributed by atoms with Crippen molar-refractivity contribution in [2.45, 2.75) is 33.1 Å². The molecule has 1 atom stereocenters. The van der Waals surface area contributed by atoms with Crippen molar-refractivity contribution in [2.24, 2.45) is 5.41 Å². The number of fused-ring (bicyclic) bond motifs is 1. The number of amides is 1. The fourth-order valence-electron chi connectivity index (χ4n) is 2.40. The Morgan fingerprint density at radius 2 is 2.11 bits per heavy atom. The zero-order valence-electron chi connectivity index (χ0n) is 10.7. The van der Waals surface area contributed by atoms with Crippen LogP contribution in [0.4, 0.5) is 11.4 Å². The molecule has 0 saturated carbocycles. The van der Waals surface area contributed by atoms with Crippen molar-refractivity contribution in [3.63, 3.8) is 0 Å². The van der Waals surface area contributed by atoms with Crippen molar-refractivity contribution in [3.8, 4) is 0 Å². The molecule has 0 aliphatic carbocycles. The molecule has 1 heterocycles. The summed E-state index contributed by atoms with van der Waals surface area (Å²) in [5.74, 6) is -0.469. The van der Waals surface area contributed by atoms with Crippen LogP contribution >= 0.6 is 0 Å². The van der Waals surface area contributed by atoms with Crippen molar-refractivity contribution >= 4 is 17.3 Å². The first-order valence-electron chi connectivity index (χ1n) is 5.96. The Morgan fingerprint density at radius 1 is 1.44 bits per heavy atom. The molecule has 0 fully saturated rings. The molecular weight excluding hydrogens is 232 g/mol. The molecule has 18 heavy (non-hydrogen) atoms. The molecule has 0 saturated heterocycles. The zero-order valence-corrected chi connectivity index (χ0v) is 10.7. The fraction of sp³-hybridized carbons (Fsp3) is 0.462. The van der Waals surface area contributed by atoms with Gasteiger partial charge in [-0.2, -0.15) is 0 Å². The molecule has 1 aromatic carbocycles. The van der Waals surface area contributed by atoms with E-state index in [2.05, 4.69) is 5.32 Å². The first-order valence-corrected chi connectivity index (χ1v) is 5.96. The molecule has 1 N–H and O–H groups in total. The predicted molar refractivity (Wildman–Crippen MR) is 68.5 cm³/mol. The largest absolute Gasteiger partial charge is 0.320 e. The summed E-state index contributed by atoms with van der Waals surface area (Å²) in [5.41, 5.74) is 0.847. The number of nitro groups is 1. The molecule has 96 valence electrons. The molecule has 0 bridgehead atoms. The van der Waals surface area contributed by atoms with Gasteiger partial charge in [-0.25, -0.2) is 0 Å². The Hall–Kier alpha value is -1.91. The number of nitrogens with one attached hydrogen (secondary N) is 1. The van der Waals surface area contributed by atoms with Crippen molar-refractivity contribution in [1.29, 1.82) is 0 Å². The molecule has 0 radical (unpaired) electrons. The summed E-state index contributed by atoms with van der Waals surface area (Å²) in [6, 6.07) is 4.85. The van der Waals surface area contributed by atoms with Crippen LogP contribution < -0.4 is 5.32 Å². The SMILES string of the molecule is CCC(C)(C)C1C(=O)Nc2c1cccc2[N+](=O)[O-]. The standard InChI is InChI=1S/C13H16N2O3/c1-4-13(2,3)10-8-6-5-7-9(15(17)18)11(8)14-12(10)16/h5-7,10H,4H2,1-3H3,(H,14,16). The Bertz CT molecular complexity index is 523. The summed E-state index contributed by atoms with van der Waals surface area (Å²) in [6.45, 7) is 6.03. The molecule has 0 aromatic heterocycles. The number of hydrogen-bond acceptors (Lipinski definition) is 3. The number of benzene rings is 1. The molecule has 5 nitrogen and oxygen atoms in total. The van der Waals surface area contributed by atoms with Gasteiger partial charge in [0.25, 0.3) is 5.69 Å². The number of rotatable bonds is 3. The summed E-state index contributed by atoms with van der Waals surface area (Å²) in [4.78, 5) is 22.6. The quantitative estimate of drug-likeness (QED) is 0.660. The fourth-order valence-corrected chi connectivity index (χ4v) is 2.40. The highest BCUT2D eigenvalue weighted by Crippen LogP contribution is 2.48. The van der Waals surface area contributed by atoms with Gasteiger partial charge in [-0.3, -0.25) is 14.9 Å². The number of nitrogens with zero attached hydrogens (tertiary/aromatic N) is 1. The van der Waals surface area contributed by atoms with Crippen LogP contribution in [0, 0.1) is 15.5 Å². The number of hydrogen-bond donors (Lipinski definition) is 1. The normalized spacial score (nSPS) is 18.4. The third-order valence-electron chi connectivity index (χ3n) is 3.79. The summed E-state index contributed by atoms with van der Waals surface area (Å²) < 4.78 is 0. The van der Waals surface area contributed by atoms with Crippen LogP contribution in [-0.4, -0.2) is 10.8 Å². The van der Waals surface area contributed by atoms with Gasteiger partial charge in [-0.1, -0.05) is 32.9 Å². The maximum atomic E-state index is 12.1. The average Bonchev–Trinajstić information content (AvgIpc) is 2.64. The van der Waals surface area contributed by atoms with Gasteiger partial charge < -0.3 is 5.32 Å². The lowest BCUT2D eigenvalue weighted by atomic mass is 9.74. The predicted octanol–water partition coefficient (Wildman–Crippen LogP) is 3.07. The molecule has 1 unspecified atom stereocenters. The van der Waals surface area contributed by atoms with Crippen LogP contribution in [-0.2, 0) is 4.79 Å². The second-order valence-corrected chi connectivity index (χ2v) is 5.26. The van der Waals surface area contributed by atoms with Gasteiger partial charge in [0.2, 0.25) is 5.91 Å². The lowest BCUT2D eigenvalue weighted by Crippen LogP contribution is -2.27. The topological polar surface area (TPSA) is 72.2 Å². The van der Waals surface area contributed by atoms with Gasteiger partial charge in [0.15, 0.2) is 0 Å². The van der Waals surface area contributed by atoms with E-state index in [1.165, 1.54) is 6.07 Å². The minimum Gasteiger partial charge on any atom is -0.320 e. The molecule has 0 spiro atoms. The van der Waals surface area contributed by atoms with E-state index >= 15 is 0 Å². The van der Waals surface area contributed by atoms with E-state index < -0.39 is 4.92 Å². The van der Waals surface area contributed by atoms with Gasteiger partial charge in [0.05, 0.1) is 10.8 Å². The molecule has 2 rings (SSSR count). The zero-order chi connectivity index (χ0) is 13.5. The van der Waals surface area contributed by atoms with Crippen LogP contribution in [0.5, 0.6) is 0 Å². The Balaban J connectivity index is 2.57. The third kappa shape index (κ3) is 1.75. The maximum absolute atomic E-state index is 12.1. The maximum Gasteiger partial charge on any atom is 0.293 e. The van der Waals surface area contributed by atoms with Crippen molar-refractivity contribution in [3.05, 3.63) is 33.9 Å². The first kappa shape index (κ1) is 12.5. The van der Waals surface area contributed by atoms with Gasteiger partial charge in [0, 0.05) is 6.07 Å². The number of nitro benzene ring substituents is 1. The minimum atomic E-state index is -0.458. The summed E-state index contributed by atoms with van der Waals surface area (Å²) >= 11 is 0. The summed E-state index contributed by atoms with van der Waals surface area (Å²) in [6.07, 6.45) is 0.827. The lowest BCUT2D eigenvalue weighted by Gasteiger charge is -2.28. The molecule has 1 aliphatic rings. The number of carbonyl (C=O) groups excluding carboxylic acids is 1. The van der Waals surface area contributed by atoms with Gasteiger partial charge in [0.1, 0.15) is 5.69 Å². The molecule has 5 heteroatoms. The highest BCUT2D eigenvalue weighted by atomic mass is 16.6. The van der Waals surface area contributed by atoms with Crippen molar-refractivity contribution in [1.82, 2.24) is 0 Å². The van der Waals surface area contributed by atoms with Gasteiger partial charge in [-0.15, -0.1) is 0 Å². The number of carbonyl (C=O) groups is 1. The van der Waals surface area contributed by atoms with E-state index in [1.807, 2.05) is 20.8 Å². The molecular formula is C13H16N2O3. The van der Waals surface area contributed by atoms with E-state index in [1.54, 1.807) is 12.1 Å². The van der Waals surface area contributed by atoms with Crippen LogP contribution in [0.15, 0.2) is 18.2 Å². The molecule has 1 aliphatic heterocycles. The number of para-hydroxylation sites is 1.